The number of ether oxygens (including phenoxy) is 1. The Bertz CT molecular complexity index is 548. The molecule has 1 saturated carbocycles. The fourth-order valence-electron chi connectivity index (χ4n) is 2.67. The Morgan fingerprint density at radius 3 is 2.91 bits per heavy atom. The van der Waals surface area contributed by atoms with Crippen molar-refractivity contribution in [3.05, 3.63) is 23.8 Å². The maximum atomic E-state index is 9.54. The molecule has 120 valence electrons. The van der Waals surface area contributed by atoms with E-state index in [2.05, 4.69) is 22.8 Å². The lowest BCUT2D eigenvalue weighted by Crippen LogP contribution is -2.44. The molecule has 0 unspecified atom stereocenters. The maximum Gasteiger partial charge on any atom is 0.187 e. The summed E-state index contributed by atoms with van der Waals surface area (Å²) >= 11 is 5.27. The van der Waals surface area contributed by atoms with Crippen molar-refractivity contribution in [3.63, 3.8) is 0 Å². The van der Waals surface area contributed by atoms with Crippen LogP contribution in [0.15, 0.2) is 23.3 Å². The van der Waals surface area contributed by atoms with Gasteiger partial charge in [-0.15, -0.1) is 0 Å². The molecule has 5 nitrogen and oxygen atoms in total. The van der Waals surface area contributed by atoms with Crippen molar-refractivity contribution in [2.24, 2.45) is 11.0 Å². The van der Waals surface area contributed by atoms with Gasteiger partial charge in [-0.3, -0.25) is 5.43 Å². The topological polar surface area (TPSA) is 65.9 Å². The number of methoxy groups -OCH3 is 1. The molecule has 0 aromatic heterocycles. The summed E-state index contributed by atoms with van der Waals surface area (Å²) in [6.45, 7) is 2.26. The van der Waals surface area contributed by atoms with Gasteiger partial charge < -0.3 is 15.2 Å². The van der Waals surface area contributed by atoms with E-state index < -0.39 is 0 Å². The van der Waals surface area contributed by atoms with Gasteiger partial charge in [-0.1, -0.05) is 19.8 Å². The minimum absolute atomic E-state index is 0.107. The second-order valence-electron chi connectivity index (χ2n) is 5.64. The van der Waals surface area contributed by atoms with Gasteiger partial charge in [-0.2, -0.15) is 5.10 Å². The molecule has 1 aromatic carbocycles. The molecule has 0 bridgehead atoms. The lowest BCUT2D eigenvalue weighted by molar-refractivity contribution is 0.308. The van der Waals surface area contributed by atoms with E-state index in [1.165, 1.54) is 26.4 Å². The monoisotopic (exact) mass is 321 g/mol. The molecular formula is C16H23N3O2S. The first-order valence-electron chi connectivity index (χ1n) is 7.56. The van der Waals surface area contributed by atoms with Crippen molar-refractivity contribution in [3.8, 4) is 11.5 Å². The zero-order valence-electron chi connectivity index (χ0n) is 13.0. The predicted octanol–water partition coefficient (Wildman–Crippen LogP) is 2.78. The van der Waals surface area contributed by atoms with Gasteiger partial charge in [0.15, 0.2) is 16.6 Å². The van der Waals surface area contributed by atoms with Crippen LogP contribution in [-0.2, 0) is 0 Å². The molecule has 3 N–H and O–H groups in total. The van der Waals surface area contributed by atoms with Crippen LogP contribution in [0.5, 0.6) is 11.5 Å². The second-order valence-corrected chi connectivity index (χ2v) is 6.05. The maximum absolute atomic E-state index is 9.54. The van der Waals surface area contributed by atoms with Crippen LogP contribution in [0.4, 0.5) is 0 Å². The number of hydrazone groups is 1. The summed E-state index contributed by atoms with van der Waals surface area (Å²) in [4.78, 5) is 0. The van der Waals surface area contributed by atoms with E-state index >= 15 is 0 Å². The Labute approximate surface area is 136 Å². The van der Waals surface area contributed by atoms with Crippen LogP contribution in [0.2, 0.25) is 0 Å². The van der Waals surface area contributed by atoms with Crippen molar-refractivity contribution >= 4 is 23.5 Å². The largest absolute Gasteiger partial charge is 0.504 e. The Morgan fingerprint density at radius 2 is 2.18 bits per heavy atom. The fourth-order valence-corrected chi connectivity index (χ4v) is 2.88. The van der Waals surface area contributed by atoms with Crippen LogP contribution < -0.4 is 15.5 Å². The molecule has 1 fully saturated rings. The van der Waals surface area contributed by atoms with E-state index in [1.54, 1.807) is 24.4 Å². The van der Waals surface area contributed by atoms with Gasteiger partial charge in [0.05, 0.1) is 13.3 Å². The van der Waals surface area contributed by atoms with Crippen LogP contribution in [0.25, 0.3) is 0 Å². The third-order valence-corrected chi connectivity index (χ3v) is 4.22. The van der Waals surface area contributed by atoms with Gasteiger partial charge in [0.2, 0.25) is 0 Å². The minimum Gasteiger partial charge on any atom is -0.504 e. The number of thiocarbonyl (C=S) groups is 1. The number of nitrogens with zero attached hydrogens (tertiary/aromatic N) is 1. The molecule has 2 atom stereocenters. The number of hydrogen-bond acceptors (Lipinski definition) is 4. The van der Waals surface area contributed by atoms with Crippen molar-refractivity contribution in [1.29, 1.82) is 0 Å². The normalized spacial score (nSPS) is 21.5. The van der Waals surface area contributed by atoms with E-state index in [0.29, 0.717) is 22.8 Å². The van der Waals surface area contributed by atoms with E-state index in [4.69, 9.17) is 17.0 Å². The first-order chi connectivity index (χ1) is 10.6. The van der Waals surface area contributed by atoms with Gasteiger partial charge in [-0.25, -0.2) is 0 Å². The number of aromatic hydroxyl groups is 1. The second kappa shape index (κ2) is 7.98. The molecule has 1 aromatic rings. The lowest BCUT2D eigenvalue weighted by atomic mass is 9.86. The van der Waals surface area contributed by atoms with Crippen LogP contribution in [0, 0.1) is 5.92 Å². The number of hydrogen-bond donors (Lipinski definition) is 3. The van der Waals surface area contributed by atoms with Crippen LogP contribution in [0.3, 0.4) is 0 Å². The summed E-state index contributed by atoms with van der Waals surface area (Å²) in [5, 5.41) is 17.5. The molecule has 6 heteroatoms. The molecule has 0 saturated heterocycles. The molecule has 1 aliphatic rings. The quantitative estimate of drug-likeness (QED) is 0.452. The minimum atomic E-state index is 0.107. The van der Waals surface area contributed by atoms with Gasteiger partial charge >= 0.3 is 0 Å². The summed E-state index contributed by atoms with van der Waals surface area (Å²) in [5.74, 6) is 1.16. The van der Waals surface area contributed by atoms with Gasteiger partial charge in [0.25, 0.3) is 0 Å². The standard InChI is InChI=1S/C16H23N3O2S/c1-11-5-3-4-6-13(11)18-16(22)19-17-10-12-7-8-14(20)15(9-12)21-2/h7-11,13,20H,3-6H2,1-2H3,(H2,18,19,22)/b17-10+/t11-,13-/m0/s1. The SMILES string of the molecule is COc1cc(/C=N/NC(=S)N[C@H]2CCCC[C@@H]2C)ccc1O. The molecule has 0 spiro atoms. The lowest BCUT2D eigenvalue weighted by Gasteiger charge is -2.30. The Morgan fingerprint density at radius 1 is 1.41 bits per heavy atom. The summed E-state index contributed by atoms with van der Waals surface area (Å²) in [6, 6.07) is 5.46. The van der Waals surface area contributed by atoms with Crippen molar-refractivity contribution < 1.29 is 9.84 Å². The van der Waals surface area contributed by atoms with E-state index in [-0.39, 0.29) is 5.75 Å². The molecule has 2 rings (SSSR count). The molecule has 0 heterocycles. The third kappa shape index (κ3) is 4.59. The van der Waals surface area contributed by atoms with Crippen LogP contribution >= 0.6 is 12.2 Å². The van der Waals surface area contributed by atoms with Gasteiger partial charge in [-0.05, 0) is 54.7 Å². The third-order valence-electron chi connectivity index (χ3n) is 4.01. The Kier molecular flexibility index (Phi) is 6.00. The first-order valence-corrected chi connectivity index (χ1v) is 7.97. The number of benzene rings is 1. The highest BCUT2D eigenvalue weighted by Crippen LogP contribution is 2.25. The Hall–Kier alpha value is -1.82. The van der Waals surface area contributed by atoms with Crippen molar-refractivity contribution in [2.45, 2.75) is 38.6 Å². The smallest absolute Gasteiger partial charge is 0.187 e. The highest BCUT2D eigenvalue weighted by molar-refractivity contribution is 7.80. The number of phenols is 1. The zero-order valence-corrected chi connectivity index (χ0v) is 13.8. The molecule has 22 heavy (non-hydrogen) atoms. The number of nitrogens with one attached hydrogen (secondary N) is 2. The summed E-state index contributed by atoms with van der Waals surface area (Å²) in [6.07, 6.45) is 6.60. The van der Waals surface area contributed by atoms with Crippen molar-refractivity contribution in [2.75, 3.05) is 7.11 Å². The Balaban J connectivity index is 1.85. The van der Waals surface area contributed by atoms with Gasteiger partial charge in [0, 0.05) is 6.04 Å². The van der Waals surface area contributed by atoms with Crippen LogP contribution in [-0.4, -0.2) is 29.6 Å². The van der Waals surface area contributed by atoms with Crippen LogP contribution in [0.1, 0.15) is 38.2 Å². The predicted molar refractivity (Wildman–Crippen MR) is 92.5 cm³/mol. The summed E-state index contributed by atoms with van der Waals surface area (Å²) in [5.41, 5.74) is 3.65. The highest BCUT2D eigenvalue weighted by Gasteiger charge is 2.21. The zero-order chi connectivity index (χ0) is 15.9. The first kappa shape index (κ1) is 16.5. The van der Waals surface area contributed by atoms with Gasteiger partial charge in [0.1, 0.15) is 0 Å². The average Bonchev–Trinajstić information content (AvgIpc) is 2.51. The molecule has 0 aliphatic heterocycles. The molecule has 0 amide bonds. The summed E-state index contributed by atoms with van der Waals surface area (Å²) in [7, 11) is 1.51. The highest BCUT2D eigenvalue weighted by atomic mass is 32.1. The number of rotatable bonds is 4. The van der Waals surface area contributed by atoms with E-state index in [1.807, 2.05) is 0 Å². The fraction of sp³-hybridized carbons (Fsp3) is 0.500. The van der Waals surface area contributed by atoms with E-state index in [9.17, 15) is 5.11 Å². The molecule has 0 radical (unpaired) electrons. The average molecular weight is 321 g/mol. The number of phenolic OH excluding ortho intramolecular Hbond substituents is 1. The van der Waals surface area contributed by atoms with Crippen molar-refractivity contribution in [1.82, 2.24) is 10.7 Å². The molecular weight excluding hydrogens is 298 g/mol. The summed E-state index contributed by atoms with van der Waals surface area (Å²) < 4.78 is 5.06. The molecule has 1 aliphatic carbocycles. The van der Waals surface area contributed by atoms with E-state index in [0.717, 1.165) is 12.0 Å².